The van der Waals surface area contributed by atoms with E-state index in [1.807, 2.05) is 13.8 Å². The van der Waals surface area contributed by atoms with Crippen molar-refractivity contribution in [2.24, 2.45) is 5.73 Å². The van der Waals surface area contributed by atoms with Crippen LogP contribution in [0.3, 0.4) is 0 Å². The summed E-state index contributed by atoms with van der Waals surface area (Å²) in [7, 11) is 1.65. The molecule has 0 aromatic heterocycles. The van der Waals surface area contributed by atoms with Crippen LogP contribution in [0.15, 0.2) is 0 Å². The smallest absolute Gasteiger partial charge is 0.234 e. The normalized spacial score (nSPS) is 19.4. The molecule has 1 aliphatic carbocycles. The first-order chi connectivity index (χ1) is 6.44. The van der Waals surface area contributed by atoms with Gasteiger partial charge in [-0.25, -0.2) is 0 Å². The predicted octanol–water partition coefficient (Wildman–Crippen LogP) is 0.407. The highest BCUT2D eigenvalue weighted by Crippen LogP contribution is 2.22. The molecule has 0 saturated heterocycles. The fourth-order valence-corrected chi connectivity index (χ4v) is 1.35. The maximum Gasteiger partial charge on any atom is 0.234 e. The second-order valence-corrected chi connectivity index (χ2v) is 4.56. The van der Waals surface area contributed by atoms with E-state index in [9.17, 15) is 4.79 Å². The van der Waals surface area contributed by atoms with Crippen molar-refractivity contribution in [1.82, 2.24) is 5.32 Å². The number of primary amides is 1. The number of ether oxygens (including phenoxy) is 1. The van der Waals surface area contributed by atoms with Crippen LogP contribution in [0.2, 0.25) is 0 Å². The third-order valence-corrected chi connectivity index (χ3v) is 2.61. The predicted molar refractivity (Wildman–Crippen MR) is 54.8 cm³/mol. The average Bonchev–Trinajstić information content (AvgIpc) is 2.86. The first-order valence-electron chi connectivity index (χ1n) is 5.05. The molecule has 4 nitrogen and oxygen atoms in total. The van der Waals surface area contributed by atoms with E-state index in [0.29, 0.717) is 12.5 Å². The van der Waals surface area contributed by atoms with E-state index in [2.05, 4.69) is 5.32 Å². The van der Waals surface area contributed by atoms with Crippen LogP contribution in [0.5, 0.6) is 0 Å². The molecule has 0 aliphatic heterocycles. The Hall–Kier alpha value is -0.610. The standard InChI is InChI=1S/C10H20N2O2/c1-10(2,14-3)6-8(9(11)13)12-7-4-5-7/h7-8,12H,4-6H2,1-3H3,(H2,11,13). The van der Waals surface area contributed by atoms with Gasteiger partial charge in [-0.2, -0.15) is 0 Å². The van der Waals surface area contributed by atoms with Crippen LogP contribution >= 0.6 is 0 Å². The summed E-state index contributed by atoms with van der Waals surface area (Å²) in [6, 6.07) is 0.220. The average molecular weight is 200 g/mol. The fourth-order valence-electron chi connectivity index (χ4n) is 1.35. The highest BCUT2D eigenvalue weighted by Gasteiger charge is 2.31. The molecule has 0 aromatic rings. The van der Waals surface area contributed by atoms with Crippen LogP contribution in [0.1, 0.15) is 33.1 Å². The summed E-state index contributed by atoms with van der Waals surface area (Å²) >= 11 is 0. The molecule has 0 aromatic carbocycles. The third-order valence-electron chi connectivity index (χ3n) is 2.61. The summed E-state index contributed by atoms with van der Waals surface area (Å²) in [5.74, 6) is -0.290. The van der Waals surface area contributed by atoms with Gasteiger partial charge < -0.3 is 15.8 Å². The van der Waals surface area contributed by atoms with Gasteiger partial charge in [-0.1, -0.05) is 0 Å². The monoisotopic (exact) mass is 200 g/mol. The molecule has 1 saturated carbocycles. The summed E-state index contributed by atoms with van der Waals surface area (Å²) in [5.41, 5.74) is 5.01. The number of nitrogens with two attached hydrogens (primary N) is 1. The van der Waals surface area contributed by atoms with Gasteiger partial charge in [-0.05, 0) is 26.7 Å². The SMILES string of the molecule is COC(C)(C)CC(NC1CC1)C(N)=O. The number of carbonyl (C=O) groups excluding carboxylic acids is 1. The second kappa shape index (κ2) is 4.28. The van der Waals surface area contributed by atoms with E-state index in [-0.39, 0.29) is 17.6 Å². The Morgan fingerprint density at radius 1 is 1.64 bits per heavy atom. The number of carbonyl (C=O) groups is 1. The van der Waals surface area contributed by atoms with Gasteiger partial charge in [-0.15, -0.1) is 0 Å². The molecule has 14 heavy (non-hydrogen) atoms. The first kappa shape index (κ1) is 11.5. The van der Waals surface area contributed by atoms with Crippen molar-refractivity contribution in [3.05, 3.63) is 0 Å². The molecule has 0 spiro atoms. The van der Waals surface area contributed by atoms with Crippen LogP contribution in [0.4, 0.5) is 0 Å². The zero-order chi connectivity index (χ0) is 10.8. The van der Waals surface area contributed by atoms with Gasteiger partial charge in [0.2, 0.25) is 5.91 Å². The van der Waals surface area contributed by atoms with E-state index < -0.39 is 0 Å². The molecule has 0 bridgehead atoms. The Balaban J connectivity index is 2.45. The van der Waals surface area contributed by atoms with Crippen molar-refractivity contribution in [3.63, 3.8) is 0 Å². The maximum atomic E-state index is 11.2. The zero-order valence-electron chi connectivity index (χ0n) is 9.17. The van der Waals surface area contributed by atoms with Crippen molar-refractivity contribution in [2.75, 3.05) is 7.11 Å². The molecule has 3 N–H and O–H groups in total. The Labute approximate surface area is 85.2 Å². The number of methoxy groups -OCH3 is 1. The highest BCUT2D eigenvalue weighted by atomic mass is 16.5. The Morgan fingerprint density at radius 3 is 2.57 bits per heavy atom. The van der Waals surface area contributed by atoms with Crippen molar-refractivity contribution >= 4 is 5.91 Å². The van der Waals surface area contributed by atoms with Gasteiger partial charge in [0.25, 0.3) is 0 Å². The lowest BCUT2D eigenvalue weighted by atomic mass is 9.98. The van der Waals surface area contributed by atoms with Crippen molar-refractivity contribution in [3.8, 4) is 0 Å². The Morgan fingerprint density at radius 2 is 2.21 bits per heavy atom. The largest absolute Gasteiger partial charge is 0.379 e. The lowest BCUT2D eigenvalue weighted by molar-refractivity contribution is -0.122. The molecule has 1 unspecified atom stereocenters. The molecule has 1 atom stereocenters. The van der Waals surface area contributed by atoms with Crippen molar-refractivity contribution in [1.29, 1.82) is 0 Å². The topological polar surface area (TPSA) is 64.3 Å². The van der Waals surface area contributed by atoms with Crippen LogP contribution in [0.25, 0.3) is 0 Å². The highest BCUT2D eigenvalue weighted by molar-refractivity contribution is 5.80. The number of hydrogen-bond acceptors (Lipinski definition) is 3. The van der Waals surface area contributed by atoms with Gasteiger partial charge in [0.15, 0.2) is 0 Å². The minimum atomic E-state index is -0.304. The van der Waals surface area contributed by atoms with Crippen molar-refractivity contribution in [2.45, 2.75) is 50.8 Å². The molecule has 0 heterocycles. The van der Waals surface area contributed by atoms with E-state index in [0.717, 1.165) is 12.8 Å². The molecule has 82 valence electrons. The van der Waals surface area contributed by atoms with Gasteiger partial charge in [0.1, 0.15) is 0 Å². The third kappa shape index (κ3) is 3.64. The summed E-state index contributed by atoms with van der Waals surface area (Å²) in [6.45, 7) is 3.91. The van der Waals surface area contributed by atoms with Crippen LogP contribution in [-0.2, 0) is 9.53 Å². The molecular formula is C10H20N2O2. The summed E-state index contributed by atoms with van der Waals surface area (Å²) in [6.07, 6.45) is 2.92. The fraction of sp³-hybridized carbons (Fsp3) is 0.900. The number of nitrogens with one attached hydrogen (secondary N) is 1. The van der Waals surface area contributed by atoms with Gasteiger partial charge in [0, 0.05) is 19.6 Å². The lowest BCUT2D eigenvalue weighted by Gasteiger charge is -2.27. The summed E-state index contributed by atoms with van der Waals surface area (Å²) < 4.78 is 5.27. The Kier molecular flexibility index (Phi) is 3.50. The van der Waals surface area contributed by atoms with E-state index in [4.69, 9.17) is 10.5 Å². The van der Waals surface area contributed by atoms with Crippen LogP contribution in [0, 0.1) is 0 Å². The minimum absolute atomic E-state index is 0.266. The molecule has 4 heteroatoms. The van der Waals surface area contributed by atoms with E-state index >= 15 is 0 Å². The maximum absolute atomic E-state index is 11.2. The van der Waals surface area contributed by atoms with E-state index in [1.54, 1.807) is 7.11 Å². The van der Waals surface area contributed by atoms with Crippen LogP contribution in [-0.4, -0.2) is 30.7 Å². The van der Waals surface area contributed by atoms with Crippen LogP contribution < -0.4 is 11.1 Å². The molecule has 1 fully saturated rings. The molecule has 1 amide bonds. The van der Waals surface area contributed by atoms with Crippen molar-refractivity contribution < 1.29 is 9.53 Å². The zero-order valence-corrected chi connectivity index (χ0v) is 9.17. The number of amides is 1. The minimum Gasteiger partial charge on any atom is -0.379 e. The van der Waals surface area contributed by atoms with Gasteiger partial charge in [0.05, 0.1) is 11.6 Å². The lowest BCUT2D eigenvalue weighted by Crippen LogP contribution is -2.47. The Bertz CT molecular complexity index is 212. The first-order valence-corrected chi connectivity index (χ1v) is 5.05. The molecule has 0 radical (unpaired) electrons. The number of rotatable bonds is 6. The van der Waals surface area contributed by atoms with E-state index in [1.165, 1.54) is 0 Å². The molecule has 1 aliphatic rings. The summed E-state index contributed by atoms with van der Waals surface area (Å²) in [5, 5.41) is 3.23. The van der Waals surface area contributed by atoms with Gasteiger partial charge in [-0.3, -0.25) is 4.79 Å². The quantitative estimate of drug-likeness (QED) is 0.652. The number of hydrogen-bond donors (Lipinski definition) is 2. The van der Waals surface area contributed by atoms with Gasteiger partial charge >= 0.3 is 0 Å². The summed E-state index contributed by atoms with van der Waals surface area (Å²) in [4.78, 5) is 11.2. The molecular weight excluding hydrogens is 180 g/mol. The molecule has 1 rings (SSSR count). The second-order valence-electron chi connectivity index (χ2n) is 4.56.